The molecule has 0 aliphatic carbocycles. The smallest absolute Gasteiger partial charge is 0.119 e. The second-order valence-corrected chi connectivity index (χ2v) is 5.67. The van der Waals surface area contributed by atoms with Crippen molar-refractivity contribution in [3.8, 4) is 5.75 Å². The van der Waals surface area contributed by atoms with Crippen LogP contribution in [-0.2, 0) is 6.61 Å². The van der Waals surface area contributed by atoms with Crippen molar-refractivity contribution in [1.82, 2.24) is 4.90 Å². The highest BCUT2D eigenvalue weighted by Gasteiger charge is 2.09. The highest BCUT2D eigenvalue weighted by atomic mass is 16.5. The van der Waals surface area contributed by atoms with Crippen molar-refractivity contribution < 1.29 is 14.9 Å². The van der Waals surface area contributed by atoms with Gasteiger partial charge in [-0.3, -0.25) is 0 Å². The minimum atomic E-state index is -0.501. The third-order valence-corrected chi connectivity index (χ3v) is 3.78. The summed E-state index contributed by atoms with van der Waals surface area (Å²) in [6.07, 6.45) is 0.139. The molecule has 0 aliphatic heterocycles. The number of nitrogens with zero attached hydrogens (tertiary/aromatic N) is 1. The van der Waals surface area contributed by atoms with Crippen molar-refractivity contribution in [2.24, 2.45) is 0 Å². The molecular weight excluding hydrogens is 290 g/mol. The molecule has 1 unspecified atom stereocenters. The van der Waals surface area contributed by atoms with Crippen molar-refractivity contribution in [3.05, 3.63) is 65.7 Å². The number of hydrogen-bond donors (Lipinski definition) is 2. The van der Waals surface area contributed by atoms with E-state index in [1.165, 1.54) is 0 Å². The standard InChI is InChI=1S/C19H25NO3/c1-20(13-14-21)12-11-19(22)17-7-9-18(10-8-17)23-15-16-5-3-2-4-6-16/h2-10,19,21-22H,11-15H2,1H3. The molecule has 0 radical (unpaired) electrons. The van der Waals surface area contributed by atoms with Crippen LogP contribution in [0.3, 0.4) is 0 Å². The minimum Gasteiger partial charge on any atom is -0.489 e. The van der Waals surface area contributed by atoms with Crippen LogP contribution in [0.25, 0.3) is 0 Å². The van der Waals surface area contributed by atoms with Gasteiger partial charge in [-0.1, -0.05) is 42.5 Å². The molecule has 2 aromatic rings. The van der Waals surface area contributed by atoms with Crippen LogP contribution < -0.4 is 4.74 Å². The first-order chi connectivity index (χ1) is 11.2. The van der Waals surface area contributed by atoms with Gasteiger partial charge >= 0.3 is 0 Å². The Morgan fingerprint density at radius 2 is 1.70 bits per heavy atom. The number of benzene rings is 2. The number of likely N-dealkylation sites (N-methyl/N-ethyl adjacent to an activating group) is 1. The maximum absolute atomic E-state index is 10.2. The number of hydrogen-bond acceptors (Lipinski definition) is 4. The quantitative estimate of drug-likeness (QED) is 0.747. The Kier molecular flexibility index (Phi) is 7.07. The lowest BCUT2D eigenvalue weighted by Crippen LogP contribution is -2.24. The molecule has 4 nitrogen and oxygen atoms in total. The monoisotopic (exact) mass is 315 g/mol. The van der Waals surface area contributed by atoms with Gasteiger partial charge in [-0.15, -0.1) is 0 Å². The van der Waals surface area contributed by atoms with Crippen molar-refractivity contribution in [1.29, 1.82) is 0 Å². The second kappa shape index (κ2) is 9.30. The molecule has 2 aromatic carbocycles. The minimum absolute atomic E-state index is 0.139. The lowest BCUT2D eigenvalue weighted by molar-refractivity contribution is 0.141. The zero-order chi connectivity index (χ0) is 16.5. The van der Waals surface area contributed by atoms with Crippen molar-refractivity contribution in [2.45, 2.75) is 19.1 Å². The number of ether oxygens (including phenoxy) is 1. The first-order valence-electron chi connectivity index (χ1n) is 7.93. The number of rotatable bonds is 9. The zero-order valence-electron chi connectivity index (χ0n) is 13.6. The van der Waals surface area contributed by atoms with Crippen molar-refractivity contribution in [2.75, 3.05) is 26.7 Å². The fourth-order valence-corrected chi connectivity index (χ4v) is 2.32. The van der Waals surface area contributed by atoms with Crippen LogP contribution in [0.2, 0.25) is 0 Å². The van der Waals surface area contributed by atoms with Gasteiger partial charge in [0, 0.05) is 13.1 Å². The van der Waals surface area contributed by atoms with Gasteiger partial charge in [-0.05, 0) is 36.7 Å². The van der Waals surface area contributed by atoms with Crippen molar-refractivity contribution in [3.63, 3.8) is 0 Å². The van der Waals surface area contributed by atoms with E-state index in [9.17, 15) is 5.11 Å². The van der Waals surface area contributed by atoms with Gasteiger partial charge in [-0.2, -0.15) is 0 Å². The predicted molar refractivity (Wildman–Crippen MR) is 91.4 cm³/mol. The molecule has 1 atom stereocenters. The Labute approximate surface area is 138 Å². The average Bonchev–Trinajstić information content (AvgIpc) is 2.59. The van der Waals surface area contributed by atoms with E-state index in [4.69, 9.17) is 9.84 Å². The summed E-state index contributed by atoms with van der Waals surface area (Å²) in [5.41, 5.74) is 2.01. The van der Waals surface area contributed by atoms with Crippen LogP contribution in [0.15, 0.2) is 54.6 Å². The SMILES string of the molecule is CN(CCO)CCC(O)c1ccc(OCc2ccccc2)cc1. The molecule has 0 fully saturated rings. The average molecular weight is 315 g/mol. The van der Waals surface area contributed by atoms with Crippen LogP contribution in [0.4, 0.5) is 0 Å². The molecule has 0 aromatic heterocycles. The van der Waals surface area contributed by atoms with E-state index in [1.807, 2.05) is 66.5 Å². The zero-order valence-corrected chi connectivity index (χ0v) is 13.6. The molecule has 2 rings (SSSR count). The molecular formula is C19H25NO3. The largest absolute Gasteiger partial charge is 0.489 e. The fraction of sp³-hybridized carbons (Fsp3) is 0.368. The van der Waals surface area contributed by atoms with E-state index in [0.717, 1.165) is 23.4 Å². The Morgan fingerprint density at radius 1 is 1.00 bits per heavy atom. The summed E-state index contributed by atoms with van der Waals surface area (Å²) in [4.78, 5) is 2.00. The van der Waals surface area contributed by atoms with E-state index in [-0.39, 0.29) is 6.61 Å². The Morgan fingerprint density at radius 3 is 2.35 bits per heavy atom. The van der Waals surface area contributed by atoms with E-state index in [2.05, 4.69) is 0 Å². The number of aliphatic hydroxyl groups is 2. The summed E-state index contributed by atoms with van der Waals surface area (Å²) in [5.74, 6) is 0.794. The third-order valence-electron chi connectivity index (χ3n) is 3.78. The van der Waals surface area contributed by atoms with Gasteiger partial charge in [0.15, 0.2) is 0 Å². The van der Waals surface area contributed by atoms with Crippen LogP contribution >= 0.6 is 0 Å². The summed E-state index contributed by atoms with van der Waals surface area (Å²) in [6, 6.07) is 17.6. The Bertz CT molecular complexity index is 557. The van der Waals surface area contributed by atoms with Crippen LogP contribution in [0, 0.1) is 0 Å². The highest BCUT2D eigenvalue weighted by Crippen LogP contribution is 2.21. The van der Waals surface area contributed by atoms with Crippen LogP contribution in [-0.4, -0.2) is 41.9 Å². The lowest BCUT2D eigenvalue weighted by Gasteiger charge is -2.18. The summed E-state index contributed by atoms with van der Waals surface area (Å²) in [6.45, 7) is 2.04. The third kappa shape index (κ3) is 6.02. The van der Waals surface area contributed by atoms with E-state index >= 15 is 0 Å². The van der Waals surface area contributed by atoms with E-state index in [0.29, 0.717) is 19.6 Å². The molecule has 4 heteroatoms. The lowest BCUT2D eigenvalue weighted by atomic mass is 10.1. The molecule has 0 saturated heterocycles. The summed E-state index contributed by atoms with van der Waals surface area (Å²) < 4.78 is 5.74. The first-order valence-corrected chi connectivity index (χ1v) is 7.93. The van der Waals surface area contributed by atoms with Gasteiger partial charge in [0.25, 0.3) is 0 Å². The number of aliphatic hydroxyl groups excluding tert-OH is 2. The van der Waals surface area contributed by atoms with Gasteiger partial charge in [0.2, 0.25) is 0 Å². The fourth-order valence-electron chi connectivity index (χ4n) is 2.32. The molecule has 0 heterocycles. The van der Waals surface area contributed by atoms with Gasteiger partial charge in [0.1, 0.15) is 12.4 Å². The summed E-state index contributed by atoms with van der Waals surface area (Å²) in [7, 11) is 1.93. The second-order valence-electron chi connectivity index (χ2n) is 5.67. The first kappa shape index (κ1) is 17.5. The molecule has 23 heavy (non-hydrogen) atoms. The van der Waals surface area contributed by atoms with Gasteiger partial charge in [0.05, 0.1) is 12.7 Å². The summed E-state index contributed by atoms with van der Waals surface area (Å²) in [5, 5.41) is 19.1. The van der Waals surface area contributed by atoms with Gasteiger partial charge in [-0.25, -0.2) is 0 Å². The summed E-state index contributed by atoms with van der Waals surface area (Å²) >= 11 is 0. The van der Waals surface area contributed by atoms with E-state index in [1.54, 1.807) is 0 Å². The molecule has 0 aliphatic rings. The normalized spacial score (nSPS) is 12.3. The van der Waals surface area contributed by atoms with Gasteiger partial charge < -0.3 is 19.8 Å². The molecule has 0 amide bonds. The molecule has 0 bridgehead atoms. The maximum Gasteiger partial charge on any atom is 0.119 e. The maximum atomic E-state index is 10.2. The Balaban J connectivity index is 1.81. The van der Waals surface area contributed by atoms with Crippen molar-refractivity contribution >= 4 is 0 Å². The molecule has 0 saturated carbocycles. The topological polar surface area (TPSA) is 52.9 Å². The van der Waals surface area contributed by atoms with E-state index < -0.39 is 6.10 Å². The van der Waals surface area contributed by atoms with Crippen LogP contribution in [0.5, 0.6) is 5.75 Å². The highest BCUT2D eigenvalue weighted by molar-refractivity contribution is 5.29. The molecule has 124 valence electrons. The molecule has 0 spiro atoms. The predicted octanol–water partition coefficient (Wildman–Crippen LogP) is 2.61. The Hall–Kier alpha value is -1.88. The molecule has 2 N–H and O–H groups in total. The van der Waals surface area contributed by atoms with Crippen LogP contribution in [0.1, 0.15) is 23.7 Å².